The van der Waals surface area contributed by atoms with Crippen LogP contribution in [0.25, 0.3) is 10.9 Å². The summed E-state index contributed by atoms with van der Waals surface area (Å²) in [6.45, 7) is 4.18. The maximum Gasteiger partial charge on any atom is 0.331 e. The van der Waals surface area contributed by atoms with E-state index in [0.29, 0.717) is 24.1 Å². The van der Waals surface area contributed by atoms with Crippen molar-refractivity contribution in [2.75, 3.05) is 33.4 Å². The van der Waals surface area contributed by atoms with Gasteiger partial charge in [-0.05, 0) is 44.1 Å². The molecule has 0 radical (unpaired) electrons. The van der Waals surface area contributed by atoms with Gasteiger partial charge in [0.1, 0.15) is 0 Å². The van der Waals surface area contributed by atoms with Crippen molar-refractivity contribution in [2.45, 2.75) is 32.4 Å². The maximum atomic E-state index is 12.9. The quantitative estimate of drug-likeness (QED) is 0.732. The van der Waals surface area contributed by atoms with Gasteiger partial charge in [0, 0.05) is 24.7 Å². The summed E-state index contributed by atoms with van der Waals surface area (Å²) < 4.78 is 8.91. The summed E-state index contributed by atoms with van der Waals surface area (Å²) in [6, 6.07) is 5.51. The zero-order chi connectivity index (χ0) is 17.8. The maximum absolute atomic E-state index is 12.9. The van der Waals surface area contributed by atoms with Crippen molar-refractivity contribution in [3.63, 3.8) is 0 Å². The monoisotopic (exact) mass is 409 g/mol. The zero-order valence-electron chi connectivity index (χ0n) is 14.5. The number of rotatable bonds is 6. The number of benzene rings is 1. The predicted octanol–water partition coefficient (Wildman–Crippen LogP) is 2.06. The molecule has 1 aliphatic rings. The van der Waals surface area contributed by atoms with Crippen LogP contribution in [0.5, 0.6) is 0 Å². The van der Waals surface area contributed by atoms with Crippen molar-refractivity contribution >= 4 is 26.8 Å². The molecule has 0 unspecified atom stereocenters. The minimum absolute atomic E-state index is 0.256. The Kier molecular flexibility index (Phi) is 6.09. The molecule has 0 spiro atoms. The minimum atomic E-state index is -0.257. The normalized spacial score (nSPS) is 15.8. The van der Waals surface area contributed by atoms with Crippen molar-refractivity contribution in [1.82, 2.24) is 14.0 Å². The summed E-state index contributed by atoms with van der Waals surface area (Å²) in [7, 11) is 1.57. The lowest BCUT2D eigenvalue weighted by molar-refractivity contribution is 0.183. The number of piperidine rings is 1. The van der Waals surface area contributed by atoms with Crippen LogP contribution in [0.1, 0.15) is 19.3 Å². The van der Waals surface area contributed by atoms with Gasteiger partial charge in [0.25, 0.3) is 5.56 Å². The molecule has 7 heteroatoms. The molecule has 1 aliphatic heterocycles. The molecule has 0 N–H and O–H groups in total. The van der Waals surface area contributed by atoms with Gasteiger partial charge < -0.3 is 9.64 Å². The van der Waals surface area contributed by atoms with Gasteiger partial charge in [0.15, 0.2) is 0 Å². The van der Waals surface area contributed by atoms with Crippen LogP contribution in [0.2, 0.25) is 0 Å². The number of hydrogen-bond donors (Lipinski definition) is 0. The largest absolute Gasteiger partial charge is 0.383 e. The van der Waals surface area contributed by atoms with E-state index in [1.54, 1.807) is 17.7 Å². The van der Waals surface area contributed by atoms with Crippen LogP contribution in [-0.2, 0) is 17.8 Å². The molecule has 2 aromatic rings. The molecule has 1 aromatic heterocycles. The average Bonchev–Trinajstić information content (AvgIpc) is 2.63. The standard InChI is InChI=1S/C18H24BrN3O3/c1-25-12-11-22-17(23)15-13-14(19)5-6-16(15)21(18(22)24)10-9-20-7-3-2-4-8-20/h5-6,13H,2-4,7-12H2,1H3. The SMILES string of the molecule is COCCn1c(=O)c2cc(Br)ccc2n(CCN2CCCCC2)c1=O. The van der Waals surface area contributed by atoms with E-state index in [0.717, 1.165) is 24.1 Å². The molecular formula is C18H24BrN3O3. The lowest BCUT2D eigenvalue weighted by atomic mass is 10.1. The number of ether oxygens (including phenoxy) is 1. The lowest BCUT2D eigenvalue weighted by Crippen LogP contribution is -2.43. The van der Waals surface area contributed by atoms with E-state index in [9.17, 15) is 9.59 Å². The van der Waals surface area contributed by atoms with E-state index in [-0.39, 0.29) is 17.8 Å². The Balaban J connectivity index is 2.02. The summed E-state index contributed by atoms with van der Waals surface area (Å²) in [5, 5.41) is 0.559. The summed E-state index contributed by atoms with van der Waals surface area (Å²) in [5.41, 5.74) is 0.185. The summed E-state index contributed by atoms with van der Waals surface area (Å²) in [4.78, 5) is 28.0. The summed E-state index contributed by atoms with van der Waals surface area (Å²) in [6.07, 6.45) is 3.72. The van der Waals surface area contributed by atoms with Gasteiger partial charge in [-0.25, -0.2) is 4.79 Å². The number of nitrogens with zero attached hydrogens (tertiary/aromatic N) is 3. The molecule has 1 aromatic carbocycles. The summed E-state index contributed by atoms with van der Waals surface area (Å²) >= 11 is 3.42. The van der Waals surface area contributed by atoms with Crippen LogP contribution in [0, 0.1) is 0 Å². The minimum Gasteiger partial charge on any atom is -0.383 e. The Morgan fingerprint density at radius 3 is 2.52 bits per heavy atom. The number of fused-ring (bicyclic) bond motifs is 1. The average molecular weight is 410 g/mol. The van der Waals surface area contributed by atoms with E-state index < -0.39 is 0 Å². The van der Waals surface area contributed by atoms with Crippen LogP contribution in [0.4, 0.5) is 0 Å². The molecule has 3 rings (SSSR count). The third-order valence-electron chi connectivity index (χ3n) is 4.79. The highest BCUT2D eigenvalue weighted by Gasteiger charge is 2.15. The van der Waals surface area contributed by atoms with E-state index in [1.807, 2.05) is 12.1 Å². The smallest absolute Gasteiger partial charge is 0.331 e. The third-order valence-corrected chi connectivity index (χ3v) is 5.29. The second kappa shape index (κ2) is 8.29. The molecule has 0 atom stereocenters. The Labute approximate surface area is 155 Å². The Morgan fingerprint density at radius 1 is 1.04 bits per heavy atom. The fraction of sp³-hybridized carbons (Fsp3) is 0.556. The summed E-state index contributed by atoms with van der Waals surface area (Å²) in [5.74, 6) is 0. The topological polar surface area (TPSA) is 56.5 Å². The number of likely N-dealkylation sites (tertiary alicyclic amines) is 1. The molecule has 6 nitrogen and oxygen atoms in total. The lowest BCUT2D eigenvalue weighted by Gasteiger charge is -2.27. The molecule has 2 heterocycles. The van der Waals surface area contributed by atoms with Crippen molar-refractivity contribution in [3.8, 4) is 0 Å². The van der Waals surface area contributed by atoms with Crippen LogP contribution in [0.3, 0.4) is 0 Å². The van der Waals surface area contributed by atoms with Crippen LogP contribution >= 0.6 is 15.9 Å². The molecule has 0 aliphatic carbocycles. The van der Waals surface area contributed by atoms with E-state index in [2.05, 4.69) is 20.8 Å². The van der Waals surface area contributed by atoms with Crippen molar-refractivity contribution < 1.29 is 4.74 Å². The van der Waals surface area contributed by atoms with Gasteiger partial charge >= 0.3 is 5.69 Å². The molecule has 1 fully saturated rings. The molecule has 0 bridgehead atoms. The van der Waals surface area contributed by atoms with Gasteiger partial charge in [0.05, 0.1) is 24.1 Å². The molecule has 0 saturated carbocycles. The molecule has 1 saturated heterocycles. The first kappa shape index (κ1) is 18.4. The van der Waals surface area contributed by atoms with Gasteiger partial charge in [-0.15, -0.1) is 0 Å². The number of halogens is 1. The second-order valence-electron chi connectivity index (χ2n) is 6.45. The third kappa shape index (κ3) is 4.04. The molecule has 0 amide bonds. The Hall–Kier alpha value is -1.44. The van der Waals surface area contributed by atoms with Gasteiger partial charge in [0.2, 0.25) is 0 Å². The Bertz CT molecular complexity index is 853. The van der Waals surface area contributed by atoms with Crippen molar-refractivity contribution in [3.05, 3.63) is 43.5 Å². The van der Waals surface area contributed by atoms with E-state index in [4.69, 9.17) is 4.74 Å². The van der Waals surface area contributed by atoms with E-state index in [1.165, 1.54) is 23.8 Å². The highest BCUT2D eigenvalue weighted by atomic mass is 79.9. The van der Waals surface area contributed by atoms with Gasteiger partial charge in [-0.1, -0.05) is 22.4 Å². The first-order valence-electron chi connectivity index (χ1n) is 8.76. The highest BCUT2D eigenvalue weighted by molar-refractivity contribution is 9.10. The number of hydrogen-bond acceptors (Lipinski definition) is 4. The van der Waals surface area contributed by atoms with Crippen molar-refractivity contribution in [1.29, 1.82) is 0 Å². The zero-order valence-corrected chi connectivity index (χ0v) is 16.1. The number of methoxy groups -OCH3 is 1. The predicted molar refractivity (Wildman–Crippen MR) is 102 cm³/mol. The van der Waals surface area contributed by atoms with Crippen LogP contribution in [-0.4, -0.2) is 47.4 Å². The first-order valence-corrected chi connectivity index (χ1v) is 9.55. The fourth-order valence-corrected chi connectivity index (χ4v) is 3.78. The van der Waals surface area contributed by atoms with Crippen LogP contribution < -0.4 is 11.2 Å². The highest BCUT2D eigenvalue weighted by Crippen LogP contribution is 2.16. The first-order chi connectivity index (χ1) is 12.1. The number of aromatic nitrogens is 2. The van der Waals surface area contributed by atoms with Crippen LogP contribution in [0.15, 0.2) is 32.3 Å². The molecular weight excluding hydrogens is 386 g/mol. The van der Waals surface area contributed by atoms with Gasteiger partial charge in [-0.2, -0.15) is 0 Å². The fourth-order valence-electron chi connectivity index (χ4n) is 3.42. The van der Waals surface area contributed by atoms with E-state index >= 15 is 0 Å². The van der Waals surface area contributed by atoms with Crippen molar-refractivity contribution in [2.24, 2.45) is 0 Å². The van der Waals surface area contributed by atoms with Gasteiger partial charge in [-0.3, -0.25) is 13.9 Å². The molecule has 25 heavy (non-hydrogen) atoms. The molecule has 136 valence electrons. The Morgan fingerprint density at radius 2 is 1.80 bits per heavy atom. The second-order valence-corrected chi connectivity index (χ2v) is 7.36.